The Kier molecular flexibility index (Phi) is 6.67. The number of benzene rings is 2. The van der Waals surface area contributed by atoms with Crippen molar-refractivity contribution in [3.63, 3.8) is 0 Å². The van der Waals surface area contributed by atoms with Crippen LogP contribution in [0.25, 0.3) is 0 Å². The molecule has 0 heterocycles. The Labute approximate surface area is 144 Å². The Hall–Kier alpha value is -1.79. The van der Waals surface area contributed by atoms with Crippen LogP contribution in [0.2, 0.25) is 0 Å². The number of thioether (sulfide) groups is 1. The summed E-state index contributed by atoms with van der Waals surface area (Å²) in [7, 11) is 1.59. The first-order chi connectivity index (χ1) is 11.1. The van der Waals surface area contributed by atoms with Crippen molar-refractivity contribution in [2.75, 3.05) is 13.7 Å². The summed E-state index contributed by atoms with van der Waals surface area (Å²) in [4.78, 5) is 0.872. The molecule has 0 aliphatic rings. The van der Waals surface area contributed by atoms with E-state index in [4.69, 9.17) is 26.4 Å². The lowest BCUT2D eigenvalue weighted by molar-refractivity contribution is 0.302. The van der Waals surface area contributed by atoms with Gasteiger partial charge in [-0.25, -0.2) is 4.39 Å². The van der Waals surface area contributed by atoms with Crippen LogP contribution in [0.15, 0.2) is 47.4 Å². The lowest BCUT2D eigenvalue weighted by Gasteiger charge is -2.11. The van der Waals surface area contributed by atoms with Crippen LogP contribution in [0.4, 0.5) is 4.39 Å². The zero-order valence-corrected chi connectivity index (χ0v) is 14.5. The summed E-state index contributed by atoms with van der Waals surface area (Å²) in [5, 5.41) is 0. The molecule has 0 saturated carbocycles. The lowest BCUT2D eigenvalue weighted by atomic mass is 10.2. The van der Waals surface area contributed by atoms with E-state index in [2.05, 4.69) is 0 Å². The highest BCUT2D eigenvalue weighted by Gasteiger charge is 2.07. The van der Waals surface area contributed by atoms with Gasteiger partial charge in [0.05, 0.1) is 13.7 Å². The van der Waals surface area contributed by atoms with Gasteiger partial charge in [-0.15, -0.1) is 0 Å². The van der Waals surface area contributed by atoms with Crippen molar-refractivity contribution < 1.29 is 18.6 Å². The van der Waals surface area contributed by atoms with E-state index in [9.17, 15) is 4.39 Å². The van der Waals surface area contributed by atoms with Gasteiger partial charge in [0, 0.05) is 11.0 Å². The number of hydrogen-bond donors (Lipinski definition) is 0. The molecule has 0 saturated heterocycles. The number of ether oxygens (including phenoxy) is 3. The Morgan fingerprint density at radius 1 is 1.13 bits per heavy atom. The number of methoxy groups -OCH3 is 1. The van der Waals surface area contributed by atoms with Gasteiger partial charge in [-0.05, 0) is 60.7 Å². The standard InChI is InChI=1S/C17H17FO3S2/c1-3-20-17(22)23-16-9-14(19-2)8-15(10-16)21-11-12-4-6-13(18)7-5-12/h4-10H,3,11H2,1-2H3. The fourth-order valence-corrected chi connectivity index (χ4v) is 2.92. The summed E-state index contributed by atoms with van der Waals surface area (Å²) in [6, 6.07) is 11.7. The van der Waals surface area contributed by atoms with Crippen LogP contribution in [0.3, 0.4) is 0 Å². The molecule has 6 heteroatoms. The maximum atomic E-state index is 12.9. The quantitative estimate of drug-likeness (QED) is 0.548. The van der Waals surface area contributed by atoms with Crippen LogP contribution in [-0.2, 0) is 11.3 Å². The minimum Gasteiger partial charge on any atom is -0.497 e. The molecule has 2 rings (SSSR count). The predicted molar refractivity (Wildman–Crippen MR) is 93.8 cm³/mol. The molecule has 0 aliphatic heterocycles. The molecule has 0 bridgehead atoms. The van der Waals surface area contributed by atoms with Gasteiger partial charge in [0.2, 0.25) is 4.38 Å². The van der Waals surface area contributed by atoms with Crippen molar-refractivity contribution in [1.82, 2.24) is 0 Å². The van der Waals surface area contributed by atoms with E-state index in [1.807, 2.05) is 19.1 Å². The van der Waals surface area contributed by atoms with Crippen LogP contribution in [0.5, 0.6) is 11.5 Å². The lowest BCUT2D eigenvalue weighted by Crippen LogP contribution is -1.98. The second-order valence-electron chi connectivity index (χ2n) is 4.54. The molecule has 0 fully saturated rings. The highest BCUT2D eigenvalue weighted by molar-refractivity contribution is 8.22. The number of halogens is 1. The fraction of sp³-hybridized carbons (Fsp3) is 0.235. The minimum atomic E-state index is -0.266. The van der Waals surface area contributed by atoms with Crippen molar-refractivity contribution in [2.24, 2.45) is 0 Å². The SMILES string of the molecule is CCOC(=S)Sc1cc(OC)cc(OCc2ccc(F)cc2)c1. The van der Waals surface area contributed by atoms with Gasteiger partial charge >= 0.3 is 0 Å². The van der Waals surface area contributed by atoms with Crippen LogP contribution < -0.4 is 9.47 Å². The number of thiocarbonyl (C=S) groups is 1. The van der Waals surface area contributed by atoms with Gasteiger partial charge in [-0.1, -0.05) is 12.1 Å². The zero-order chi connectivity index (χ0) is 16.7. The Morgan fingerprint density at radius 2 is 1.83 bits per heavy atom. The van der Waals surface area contributed by atoms with Crippen molar-refractivity contribution in [2.45, 2.75) is 18.4 Å². The fourth-order valence-electron chi connectivity index (χ4n) is 1.80. The maximum absolute atomic E-state index is 12.9. The highest BCUT2D eigenvalue weighted by atomic mass is 32.2. The normalized spacial score (nSPS) is 10.2. The van der Waals surface area contributed by atoms with Crippen LogP contribution in [-0.4, -0.2) is 18.1 Å². The van der Waals surface area contributed by atoms with Gasteiger partial charge in [0.15, 0.2) is 0 Å². The molecule has 23 heavy (non-hydrogen) atoms. The molecule has 0 atom stereocenters. The van der Waals surface area contributed by atoms with E-state index >= 15 is 0 Å². The summed E-state index contributed by atoms with van der Waals surface area (Å²) < 4.78 is 29.7. The second-order valence-corrected chi connectivity index (χ2v) is 6.22. The molecule has 0 aromatic heterocycles. The third-order valence-electron chi connectivity index (χ3n) is 2.87. The molecule has 0 N–H and O–H groups in total. The van der Waals surface area contributed by atoms with Crippen LogP contribution in [0.1, 0.15) is 12.5 Å². The highest BCUT2D eigenvalue weighted by Crippen LogP contribution is 2.30. The monoisotopic (exact) mass is 352 g/mol. The van der Waals surface area contributed by atoms with Crippen LogP contribution >= 0.6 is 24.0 Å². The van der Waals surface area contributed by atoms with E-state index in [1.165, 1.54) is 23.9 Å². The molecule has 0 spiro atoms. The van der Waals surface area contributed by atoms with Gasteiger partial charge in [0.1, 0.15) is 23.9 Å². The van der Waals surface area contributed by atoms with Crippen molar-refractivity contribution >= 4 is 28.4 Å². The first-order valence-corrected chi connectivity index (χ1v) is 8.24. The zero-order valence-electron chi connectivity index (χ0n) is 12.9. The van der Waals surface area contributed by atoms with Crippen LogP contribution in [0, 0.1) is 5.82 Å². The summed E-state index contributed by atoms with van der Waals surface area (Å²) in [5.74, 6) is 1.05. The van der Waals surface area contributed by atoms with E-state index in [0.29, 0.717) is 29.1 Å². The first kappa shape index (κ1) is 17.6. The molecule has 0 amide bonds. The summed E-state index contributed by atoms with van der Waals surface area (Å²) in [6.07, 6.45) is 0. The molecule has 0 unspecified atom stereocenters. The summed E-state index contributed by atoms with van der Waals surface area (Å²) in [6.45, 7) is 2.76. The topological polar surface area (TPSA) is 27.7 Å². The molecule has 2 aromatic rings. The number of rotatable bonds is 6. The largest absolute Gasteiger partial charge is 0.497 e. The summed E-state index contributed by atoms with van der Waals surface area (Å²) in [5.41, 5.74) is 0.883. The van der Waals surface area contributed by atoms with Gasteiger partial charge in [-0.2, -0.15) is 0 Å². The summed E-state index contributed by atoms with van der Waals surface area (Å²) >= 11 is 6.47. The molecule has 2 aromatic carbocycles. The molecular formula is C17H17FO3S2. The van der Waals surface area contributed by atoms with E-state index < -0.39 is 0 Å². The second kappa shape index (κ2) is 8.74. The Bertz CT molecular complexity index is 659. The predicted octanol–water partition coefficient (Wildman–Crippen LogP) is 4.83. The van der Waals surface area contributed by atoms with Crippen molar-refractivity contribution in [1.29, 1.82) is 0 Å². The molecule has 3 nitrogen and oxygen atoms in total. The van der Waals surface area contributed by atoms with Gasteiger partial charge in [0.25, 0.3) is 0 Å². The average molecular weight is 352 g/mol. The molecule has 122 valence electrons. The first-order valence-electron chi connectivity index (χ1n) is 7.01. The van der Waals surface area contributed by atoms with Gasteiger partial charge in [-0.3, -0.25) is 0 Å². The minimum absolute atomic E-state index is 0.266. The molecule has 0 radical (unpaired) electrons. The number of hydrogen-bond acceptors (Lipinski definition) is 5. The van der Waals surface area contributed by atoms with Gasteiger partial charge < -0.3 is 14.2 Å². The molecular weight excluding hydrogens is 335 g/mol. The van der Waals surface area contributed by atoms with Crippen molar-refractivity contribution in [3.8, 4) is 11.5 Å². The Morgan fingerprint density at radius 3 is 2.48 bits per heavy atom. The molecule has 0 aliphatic carbocycles. The average Bonchev–Trinajstić information content (AvgIpc) is 2.54. The van der Waals surface area contributed by atoms with Crippen molar-refractivity contribution in [3.05, 3.63) is 53.8 Å². The van der Waals surface area contributed by atoms with E-state index in [-0.39, 0.29) is 5.82 Å². The van der Waals surface area contributed by atoms with E-state index in [1.54, 1.807) is 25.3 Å². The smallest absolute Gasteiger partial charge is 0.224 e. The third kappa shape index (κ3) is 5.73. The maximum Gasteiger partial charge on any atom is 0.224 e. The van der Waals surface area contributed by atoms with E-state index in [0.717, 1.165) is 10.5 Å². The Balaban J connectivity index is 2.07. The third-order valence-corrected chi connectivity index (χ3v) is 4.00.